The van der Waals surface area contributed by atoms with Gasteiger partial charge in [0.05, 0.1) is 28.0 Å². The summed E-state index contributed by atoms with van der Waals surface area (Å²) in [7, 11) is 0. The van der Waals surface area contributed by atoms with Crippen molar-refractivity contribution in [3.05, 3.63) is 187 Å². The van der Waals surface area contributed by atoms with E-state index in [0.717, 1.165) is 88.9 Å². The monoisotopic (exact) mass is 697 g/mol. The number of hydrogen-bond acceptors (Lipinski definition) is 4. The summed E-state index contributed by atoms with van der Waals surface area (Å²) in [5.74, 6) is 0.818. The fourth-order valence-corrected chi connectivity index (χ4v) is 8.19. The Kier molecular flexibility index (Phi) is 7.30. The fraction of sp³-hybridized carbons (Fsp3) is 0. The van der Waals surface area contributed by atoms with Gasteiger partial charge in [-0.2, -0.15) is 0 Å². The quantitative estimate of drug-likeness (QED) is 0.173. The van der Waals surface area contributed by atoms with Crippen molar-refractivity contribution in [2.45, 2.75) is 0 Å². The molecule has 0 bridgehead atoms. The highest BCUT2D eigenvalue weighted by molar-refractivity contribution is 7.79. The van der Waals surface area contributed by atoms with Gasteiger partial charge in [0.1, 0.15) is 11.5 Å². The zero-order chi connectivity index (χ0) is 35.5. The van der Waals surface area contributed by atoms with E-state index in [1.165, 1.54) is 0 Å². The Morgan fingerprint density at radius 2 is 1.15 bits per heavy atom. The molecular weight excluding hydrogens is 667 g/mol. The first-order valence-corrected chi connectivity index (χ1v) is 18.0. The molecule has 3 heterocycles. The van der Waals surface area contributed by atoms with Crippen molar-refractivity contribution in [1.29, 1.82) is 5.41 Å². The molecule has 53 heavy (non-hydrogen) atoms. The second kappa shape index (κ2) is 12.5. The lowest BCUT2D eigenvalue weighted by atomic mass is 9.86. The Bertz CT molecular complexity index is 2900. The summed E-state index contributed by atoms with van der Waals surface area (Å²) in [6.45, 7) is 0. The van der Waals surface area contributed by atoms with Gasteiger partial charge in [-0.05, 0) is 83.6 Å². The van der Waals surface area contributed by atoms with E-state index >= 15 is 0 Å². The second-order valence-electron chi connectivity index (χ2n) is 13.2. The van der Waals surface area contributed by atoms with Crippen LogP contribution >= 0.6 is 12.8 Å². The van der Waals surface area contributed by atoms with E-state index in [1.54, 1.807) is 0 Å². The number of nitrogens with one attached hydrogen (secondary N) is 1. The normalized spacial score (nSPS) is 13.6. The molecule has 0 amide bonds. The van der Waals surface area contributed by atoms with Gasteiger partial charge < -0.3 is 4.57 Å². The lowest BCUT2D eigenvalue weighted by molar-refractivity contribution is 1.08. The lowest BCUT2D eigenvalue weighted by Gasteiger charge is -2.21. The predicted molar refractivity (Wildman–Crippen MR) is 224 cm³/mol. The first kappa shape index (κ1) is 31.0. The minimum atomic E-state index is 0.323. The Labute approximate surface area is 311 Å². The number of hydrogen-bond donors (Lipinski definition) is 2. The lowest BCUT2D eigenvalue weighted by Crippen LogP contribution is -2.21. The zero-order valence-electron chi connectivity index (χ0n) is 28.5. The molecule has 9 aromatic rings. The third kappa shape index (κ3) is 4.91. The first-order valence-electron chi connectivity index (χ1n) is 17.6. The third-order valence-corrected chi connectivity index (χ3v) is 10.5. The minimum Gasteiger partial charge on any atom is -0.309 e. The van der Waals surface area contributed by atoms with Crippen molar-refractivity contribution in [3.8, 4) is 33.8 Å². The van der Waals surface area contributed by atoms with Crippen LogP contribution < -0.4 is 0 Å². The van der Waals surface area contributed by atoms with Crippen LogP contribution in [-0.2, 0) is 0 Å². The predicted octanol–water partition coefficient (Wildman–Crippen LogP) is 11.7. The second-order valence-corrected chi connectivity index (χ2v) is 13.4. The summed E-state index contributed by atoms with van der Waals surface area (Å²) in [4.78, 5) is 4.79. The van der Waals surface area contributed by atoms with E-state index in [0.29, 0.717) is 11.4 Å². The van der Waals surface area contributed by atoms with Crippen molar-refractivity contribution in [2.75, 3.05) is 0 Å². The van der Waals surface area contributed by atoms with Crippen LogP contribution in [0.2, 0.25) is 0 Å². The molecule has 6 aromatic carbocycles. The number of fused-ring (bicyclic) bond motifs is 6. The number of pyridine rings is 1. The molecule has 10 rings (SSSR count). The van der Waals surface area contributed by atoms with Crippen LogP contribution in [-0.4, -0.2) is 25.5 Å². The third-order valence-electron chi connectivity index (χ3n) is 10.3. The molecule has 250 valence electrons. The maximum absolute atomic E-state index is 9.76. The van der Waals surface area contributed by atoms with Gasteiger partial charge in [0.15, 0.2) is 0 Å². The van der Waals surface area contributed by atoms with E-state index in [-0.39, 0.29) is 0 Å². The molecule has 1 aliphatic rings. The van der Waals surface area contributed by atoms with Gasteiger partial charge in [0, 0.05) is 44.7 Å². The highest BCUT2D eigenvalue weighted by atomic mass is 32.1. The van der Waals surface area contributed by atoms with Gasteiger partial charge >= 0.3 is 0 Å². The molecule has 0 saturated heterocycles. The highest BCUT2D eigenvalue weighted by Gasteiger charge is 2.32. The van der Waals surface area contributed by atoms with Crippen LogP contribution in [0.1, 0.15) is 16.8 Å². The standard InChI is InChI=1S/C47H31N5S/c48-45-39(37-21-13-20-36-35-18-7-9-22-40(35)52(47(36)37)43-24-11-12-25-49-43)29-42-44(46(45)50-53)38-19-8-10-23-41(38)51(42)34-27-32(30-14-3-1-4-15-30)26-33(28-34)31-16-5-2-6-17-31/h1-29,48,53H. The number of rotatable bonds is 5. The molecule has 6 heteroatoms. The van der Waals surface area contributed by atoms with Gasteiger partial charge in [-0.1, -0.05) is 121 Å². The van der Waals surface area contributed by atoms with Gasteiger partial charge in [0.2, 0.25) is 0 Å². The number of para-hydroxylation sites is 3. The minimum absolute atomic E-state index is 0.323. The highest BCUT2D eigenvalue weighted by Crippen LogP contribution is 2.42. The summed E-state index contributed by atoms with van der Waals surface area (Å²) in [6.07, 6.45) is 4.00. The molecule has 0 fully saturated rings. The van der Waals surface area contributed by atoms with E-state index in [2.05, 4.69) is 172 Å². The summed E-state index contributed by atoms with van der Waals surface area (Å²) in [5, 5.41) is 13.0. The largest absolute Gasteiger partial charge is 0.309 e. The van der Waals surface area contributed by atoms with Crippen LogP contribution in [0.4, 0.5) is 0 Å². The molecule has 0 unspecified atom stereocenters. The molecule has 1 N–H and O–H groups in total. The molecule has 1 aliphatic carbocycles. The van der Waals surface area contributed by atoms with Crippen molar-refractivity contribution in [1.82, 2.24) is 14.1 Å². The summed E-state index contributed by atoms with van der Waals surface area (Å²) < 4.78 is 9.09. The topological polar surface area (TPSA) is 59.0 Å². The SMILES string of the molecule is N=C1C(c2cccc3c4ccccc4n(-c4ccccn4)c23)=Cc2c(c3ccccc3n2-c2cc(-c3ccccc3)cc(-c3ccccc3)c2)C1=NS. The van der Waals surface area contributed by atoms with E-state index in [4.69, 9.17) is 4.98 Å². The van der Waals surface area contributed by atoms with Crippen LogP contribution in [0, 0.1) is 5.41 Å². The Balaban J connectivity index is 1.30. The number of allylic oxidation sites excluding steroid dienone is 1. The Morgan fingerprint density at radius 1 is 0.547 bits per heavy atom. The maximum atomic E-state index is 9.76. The summed E-state index contributed by atoms with van der Waals surface area (Å²) >= 11 is 4.54. The van der Waals surface area contributed by atoms with E-state index in [1.807, 2.05) is 30.5 Å². The van der Waals surface area contributed by atoms with Crippen LogP contribution in [0.25, 0.3) is 78.1 Å². The number of benzene rings is 6. The van der Waals surface area contributed by atoms with Crippen molar-refractivity contribution in [2.24, 2.45) is 4.40 Å². The smallest absolute Gasteiger partial charge is 0.137 e. The Hall–Kier alpha value is -6.76. The average Bonchev–Trinajstić information content (AvgIpc) is 3.74. The first-order chi connectivity index (χ1) is 26.2. The summed E-state index contributed by atoms with van der Waals surface area (Å²) in [6, 6.07) is 57.0. The molecular formula is C47H31N5S. The fourth-order valence-electron chi connectivity index (χ4n) is 7.99. The Morgan fingerprint density at radius 3 is 1.81 bits per heavy atom. The van der Waals surface area contributed by atoms with Crippen molar-refractivity contribution >= 4 is 68.6 Å². The number of nitrogens with zero attached hydrogens (tertiary/aromatic N) is 4. The van der Waals surface area contributed by atoms with E-state index < -0.39 is 0 Å². The molecule has 5 nitrogen and oxygen atoms in total. The number of thiol groups is 1. The van der Waals surface area contributed by atoms with Crippen LogP contribution in [0.3, 0.4) is 0 Å². The molecule has 3 aromatic heterocycles. The van der Waals surface area contributed by atoms with Gasteiger partial charge in [-0.25, -0.2) is 9.38 Å². The van der Waals surface area contributed by atoms with Crippen molar-refractivity contribution < 1.29 is 0 Å². The molecule has 0 radical (unpaired) electrons. The van der Waals surface area contributed by atoms with Crippen LogP contribution in [0.15, 0.2) is 174 Å². The average molecular weight is 698 g/mol. The molecule has 0 atom stereocenters. The van der Waals surface area contributed by atoms with E-state index in [9.17, 15) is 5.41 Å². The number of aromatic nitrogens is 3. The molecule has 0 aliphatic heterocycles. The van der Waals surface area contributed by atoms with Gasteiger partial charge in [0.25, 0.3) is 0 Å². The summed E-state index contributed by atoms with van der Waals surface area (Å²) in [5.41, 5.74) is 13.0. The van der Waals surface area contributed by atoms with Crippen molar-refractivity contribution in [3.63, 3.8) is 0 Å². The van der Waals surface area contributed by atoms with Crippen LogP contribution in [0.5, 0.6) is 0 Å². The maximum Gasteiger partial charge on any atom is 0.137 e. The molecule has 0 spiro atoms. The zero-order valence-corrected chi connectivity index (χ0v) is 29.4. The molecule has 0 saturated carbocycles. The van der Waals surface area contributed by atoms with Gasteiger partial charge in [-0.3, -0.25) is 9.98 Å². The van der Waals surface area contributed by atoms with Gasteiger partial charge in [-0.15, -0.1) is 0 Å².